The number of hydrogen-bond acceptors (Lipinski definition) is 4. The standard InChI is InChI=1S/C25H26N2O5/c1-15(21(28)27-14-24(2)12-25(27,13-24)22(29)30)26-23(31)32-11-20-18-9-5-3-7-16(18)17-8-4-6-10-19(17)20/h3-10,15,20H,11-14H2,1-2H3,(H,26,31)(H,29,30)/t15-,24?,25?/m1/s1. The zero-order valence-electron chi connectivity index (χ0n) is 18.1. The molecule has 0 radical (unpaired) electrons. The van der Waals surface area contributed by atoms with Crippen molar-refractivity contribution in [3.8, 4) is 11.1 Å². The molecule has 2 heterocycles. The van der Waals surface area contributed by atoms with E-state index in [0.29, 0.717) is 19.4 Å². The summed E-state index contributed by atoms with van der Waals surface area (Å²) in [7, 11) is 0. The molecule has 7 heteroatoms. The monoisotopic (exact) mass is 434 g/mol. The number of carboxylic acid groups (broad SMARTS) is 1. The van der Waals surface area contributed by atoms with Crippen LogP contribution in [0.4, 0.5) is 4.79 Å². The minimum absolute atomic E-state index is 0.0693. The Bertz CT molecular complexity index is 1080. The van der Waals surface area contributed by atoms with Crippen LogP contribution in [0.15, 0.2) is 48.5 Å². The van der Waals surface area contributed by atoms with Crippen LogP contribution in [-0.4, -0.2) is 52.7 Å². The highest BCUT2D eigenvalue weighted by Crippen LogP contribution is 2.59. The summed E-state index contributed by atoms with van der Waals surface area (Å²) in [6.07, 6.45) is 0.229. The third-order valence-corrected chi connectivity index (χ3v) is 7.21. The zero-order valence-corrected chi connectivity index (χ0v) is 18.1. The van der Waals surface area contributed by atoms with Gasteiger partial charge in [-0.3, -0.25) is 4.79 Å². The van der Waals surface area contributed by atoms with Gasteiger partial charge in [-0.2, -0.15) is 0 Å². The summed E-state index contributed by atoms with van der Waals surface area (Å²) in [6.45, 7) is 4.11. The number of fused-ring (bicyclic) bond motifs is 4. The van der Waals surface area contributed by atoms with Gasteiger partial charge in [0.15, 0.2) is 0 Å². The van der Waals surface area contributed by atoms with Crippen LogP contribution in [0.5, 0.6) is 0 Å². The summed E-state index contributed by atoms with van der Waals surface area (Å²) in [5.74, 6) is -1.43. The largest absolute Gasteiger partial charge is 0.479 e. The van der Waals surface area contributed by atoms with Crippen LogP contribution in [-0.2, 0) is 14.3 Å². The van der Waals surface area contributed by atoms with Crippen molar-refractivity contribution in [2.24, 2.45) is 5.41 Å². The van der Waals surface area contributed by atoms with Gasteiger partial charge < -0.3 is 20.1 Å². The van der Waals surface area contributed by atoms with E-state index in [1.807, 2.05) is 43.3 Å². The molecule has 1 atom stereocenters. The molecule has 2 aromatic carbocycles. The number of benzene rings is 2. The molecule has 0 spiro atoms. The number of aliphatic carboxylic acids is 1. The van der Waals surface area contributed by atoms with E-state index in [4.69, 9.17) is 4.74 Å². The molecular weight excluding hydrogens is 408 g/mol. The second kappa shape index (κ2) is 7.08. The Morgan fingerprint density at radius 1 is 1.09 bits per heavy atom. The molecule has 0 aromatic heterocycles. The number of ether oxygens (including phenoxy) is 1. The summed E-state index contributed by atoms with van der Waals surface area (Å²) in [6, 6.07) is 15.3. The molecule has 32 heavy (non-hydrogen) atoms. The second-order valence-corrected chi connectivity index (χ2v) is 9.62. The summed E-state index contributed by atoms with van der Waals surface area (Å²) in [5.41, 5.74) is 3.21. The molecule has 1 saturated carbocycles. The van der Waals surface area contributed by atoms with Gasteiger partial charge >= 0.3 is 12.1 Å². The first-order valence-corrected chi connectivity index (χ1v) is 10.9. The minimum Gasteiger partial charge on any atom is -0.479 e. The topological polar surface area (TPSA) is 95.9 Å². The fraction of sp³-hybridized carbons (Fsp3) is 0.400. The van der Waals surface area contributed by atoms with Gasteiger partial charge in [-0.05, 0) is 47.4 Å². The van der Waals surface area contributed by atoms with E-state index < -0.39 is 23.6 Å². The summed E-state index contributed by atoms with van der Waals surface area (Å²) >= 11 is 0. The fourth-order valence-electron chi connectivity index (χ4n) is 5.86. The molecule has 2 bridgehead atoms. The van der Waals surface area contributed by atoms with Crippen molar-refractivity contribution in [1.82, 2.24) is 10.2 Å². The third kappa shape index (κ3) is 2.98. The first kappa shape index (κ1) is 20.5. The number of amides is 2. The number of rotatable bonds is 5. The average molecular weight is 434 g/mol. The third-order valence-electron chi connectivity index (χ3n) is 7.21. The van der Waals surface area contributed by atoms with Gasteiger partial charge in [-0.25, -0.2) is 9.59 Å². The van der Waals surface area contributed by atoms with Crippen LogP contribution < -0.4 is 5.32 Å². The van der Waals surface area contributed by atoms with Crippen LogP contribution in [0.25, 0.3) is 11.1 Å². The summed E-state index contributed by atoms with van der Waals surface area (Å²) < 4.78 is 5.52. The summed E-state index contributed by atoms with van der Waals surface area (Å²) in [4.78, 5) is 38.7. The molecule has 3 fully saturated rings. The second-order valence-electron chi connectivity index (χ2n) is 9.62. The molecule has 2 aliphatic carbocycles. The molecule has 7 nitrogen and oxygen atoms in total. The van der Waals surface area contributed by atoms with E-state index in [-0.39, 0.29) is 23.8 Å². The van der Waals surface area contributed by atoms with E-state index in [9.17, 15) is 19.5 Å². The Morgan fingerprint density at radius 3 is 2.22 bits per heavy atom. The molecule has 4 aliphatic rings. The molecule has 166 valence electrons. The predicted octanol–water partition coefficient (Wildman–Crippen LogP) is 3.38. The van der Waals surface area contributed by atoms with Gasteiger partial charge in [0, 0.05) is 12.5 Å². The Labute approximate surface area is 186 Å². The van der Waals surface area contributed by atoms with Crippen molar-refractivity contribution in [3.05, 3.63) is 59.7 Å². The maximum absolute atomic E-state index is 12.9. The SMILES string of the molecule is C[C@@H](NC(=O)OCC1c2ccccc2-c2ccccc21)C(=O)N1CC2(C)CC1(C(=O)O)C2. The maximum atomic E-state index is 12.9. The van der Waals surface area contributed by atoms with Gasteiger partial charge in [0.2, 0.25) is 5.91 Å². The lowest BCUT2D eigenvalue weighted by molar-refractivity contribution is -0.160. The van der Waals surface area contributed by atoms with Crippen molar-refractivity contribution in [3.63, 3.8) is 0 Å². The van der Waals surface area contributed by atoms with Crippen LogP contribution in [0, 0.1) is 5.41 Å². The van der Waals surface area contributed by atoms with E-state index >= 15 is 0 Å². The van der Waals surface area contributed by atoms with E-state index in [1.54, 1.807) is 6.92 Å². The lowest BCUT2D eigenvalue weighted by atomic mass is 9.63. The number of nitrogens with zero attached hydrogens (tertiary/aromatic N) is 1. The lowest BCUT2D eigenvalue weighted by Gasteiger charge is -2.42. The maximum Gasteiger partial charge on any atom is 0.407 e. The van der Waals surface area contributed by atoms with Gasteiger partial charge in [-0.15, -0.1) is 0 Å². The van der Waals surface area contributed by atoms with Crippen LogP contribution in [0.2, 0.25) is 0 Å². The van der Waals surface area contributed by atoms with Gasteiger partial charge in [0.25, 0.3) is 0 Å². The number of carbonyl (C=O) groups is 3. The number of nitrogens with one attached hydrogen (secondary N) is 1. The van der Waals surface area contributed by atoms with Crippen molar-refractivity contribution in [1.29, 1.82) is 0 Å². The number of carboxylic acids is 1. The minimum atomic E-state index is -1.14. The first-order valence-electron chi connectivity index (χ1n) is 10.9. The Hall–Kier alpha value is -3.35. The van der Waals surface area contributed by atoms with E-state index in [2.05, 4.69) is 17.4 Å². The quantitative estimate of drug-likeness (QED) is 0.752. The molecule has 6 rings (SSSR count). The Kier molecular flexibility index (Phi) is 4.55. The number of carbonyl (C=O) groups excluding carboxylic acids is 2. The summed E-state index contributed by atoms with van der Waals surface area (Å²) in [5, 5.41) is 12.3. The van der Waals surface area contributed by atoms with Crippen molar-refractivity contribution in [2.45, 2.75) is 44.2 Å². The lowest BCUT2D eigenvalue weighted by Crippen LogP contribution is -2.59. The molecule has 2 saturated heterocycles. The normalized spacial score (nSPS) is 26.0. The molecule has 2 N–H and O–H groups in total. The van der Waals surface area contributed by atoms with Crippen molar-refractivity contribution < 1.29 is 24.2 Å². The number of hydrogen-bond donors (Lipinski definition) is 2. The molecule has 2 amide bonds. The zero-order chi connectivity index (χ0) is 22.7. The van der Waals surface area contributed by atoms with E-state index in [1.165, 1.54) is 4.90 Å². The van der Waals surface area contributed by atoms with Crippen LogP contribution >= 0.6 is 0 Å². The highest BCUT2D eigenvalue weighted by Gasteiger charge is 2.68. The predicted molar refractivity (Wildman–Crippen MR) is 117 cm³/mol. The first-order chi connectivity index (χ1) is 15.2. The molecule has 2 aromatic rings. The van der Waals surface area contributed by atoms with Gasteiger partial charge in [-0.1, -0.05) is 55.5 Å². The van der Waals surface area contributed by atoms with Crippen LogP contribution in [0.3, 0.4) is 0 Å². The molecule has 0 unspecified atom stereocenters. The molecular formula is C25H26N2O5. The Morgan fingerprint density at radius 2 is 1.66 bits per heavy atom. The van der Waals surface area contributed by atoms with Crippen molar-refractivity contribution in [2.75, 3.05) is 13.2 Å². The molecule has 2 aliphatic heterocycles. The number of alkyl carbamates (subject to hydrolysis) is 1. The van der Waals surface area contributed by atoms with Gasteiger partial charge in [0.05, 0.1) is 0 Å². The fourth-order valence-corrected chi connectivity index (χ4v) is 5.86. The highest BCUT2D eigenvalue weighted by atomic mass is 16.5. The average Bonchev–Trinajstić information content (AvgIpc) is 3.35. The van der Waals surface area contributed by atoms with E-state index in [0.717, 1.165) is 22.3 Å². The highest BCUT2D eigenvalue weighted by molar-refractivity contribution is 5.93. The smallest absolute Gasteiger partial charge is 0.407 e. The van der Waals surface area contributed by atoms with Gasteiger partial charge in [0.1, 0.15) is 18.2 Å². The van der Waals surface area contributed by atoms with Crippen molar-refractivity contribution >= 4 is 18.0 Å². The Balaban J connectivity index is 1.23. The van der Waals surface area contributed by atoms with Crippen LogP contribution in [0.1, 0.15) is 43.7 Å².